The van der Waals surface area contributed by atoms with E-state index in [2.05, 4.69) is 4.98 Å². The van der Waals surface area contributed by atoms with Gasteiger partial charge in [-0.2, -0.15) is 0 Å². The van der Waals surface area contributed by atoms with Crippen LogP contribution >= 0.6 is 35.0 Å². The van der Waals surface area contributed by atoms with Gasteiger partial charge in [0.05, 0.1) is 34.2 Å². The molecule has 0 fully saturated rings. The second-order valence-electron chi connectivity index (χ2n) is 6.93. The fraction of sp³-hybridized carbons (Fsp3) is 0.238. The van der Waals surface area contributed by atoms with Gasteiger partial charge in [0, 0.05) is 23.9 Å². The van der Waals surface area contributed by atoms with Crippen LogP contribution in [0.25, 0.3) is 5.69 Å². The van der Waals surface area contributed by atoms with E-state index in [0.717, 1.165) is 11.3 Å². The van der Waals surface area contributed by atoms with Crippen molar-refractivity contribution in [2.24, 2.45) is 0 Å². The number of thioether (sulfide) groups is 1. The maximum absolute atomic E-state index is 13.3. The number of carbonyl (C=O) groups excluding carboxylic acids is 1. The Hall–Kier alpha value is -2.35. The van der Waals surface area contributed by atoms with Crippen LogP contribution in [0.2, 0.25) is 10.0 Å². The van der Waals surface area contributed by atoms with E-state index in [-0.39, 0.29) is 18.0 Å². The lowest BCUT2D eigenvalue weighted by molar-refractivity contribution is 0.0730. The minimum absolute atomic E-state index is 0.109. The molecule has 0 N–H and O–H groups in total. The zero-order chi connectivity index (χ0) is 21.4. The zero-order valence-corrected chi connectivity index (χ0v) is 18.7. The van der Waals surface area contributed by atoms with Gasteiger partial charge in [-0.25, -0.2) is 4.98 Å². The molecule has 0 unspecified atom stereocenters. The Morgan fingerprint density at radius 3 is 2.70 bits per heavy atom. The fourth-order valence-electron chi connectivity index (χ4n) is 3.49. The molecule has 30 heavy (non-hydrogen) atoms. The molecule has 0 atom stereocenters. The van der Waals surface area contributed by atoms with E-state index in [9.17, 15) is 9.59 Å². The largest absolute Gasteiger partial charge is 0.332 e. The Labute approximate surface area is 187 Å². The normalized spacial score (nSPS) is 13.3. The van der Waals surface area contributed by atoms with Gasteiger partial charge in [-0.3, -0.25) is 19.1 Å². The summed E-state index contributed by atoms with van der Waals surface area (Å²) in [6, 6.07) is 6.68. The van der Waals surface area contributed by atoms with Crippen molar-refractivity contribution in [3.63, 3.8) is 0 Å². The van der Waals surface area contributed by atoms with Crippen LogP contribution in [-0.4, -0.2) is 38.1 Å². The molecule has 1 aliphatic heterocycles. The van der Waals surface area contributed by atoms with E-state index < -0.39 is 0 Å². The average Bonchev–Trinajstić information content (AvgIpc) is 2.75. The lowest BCUT2D eigenvalue weighted by Gasteiger charge is -2.29. The number of pyridine rings is 1. The number of benzene rings is 1. The molecule has 1 aliphatic rings. The molecule has 1 aromatic carbocycles. The van der Waals surface area contributed by atoms with Gasteiger partial charge in [-0.15, -0.1) is 0 Å². The van der Waals surface area contributed by atoms with Gasteiger partial charge >= 0.3 is 0 Å². The van der Waals surface area contributed by atoms with Crippen molar-refractivity contribution in [3.05, 3.63) is 79.4 Å². The summed E-state index contributed by atoms with van der Waals surface area (Å²) >= 11 is 13.4. The Kier molecular flexibility index (Phi) is 5.86. The van der Waals surface area contributed by atoms with E-state index >= 15 is 0 Å². The van der Waals surface area contributed by atoms with E-state index in [1.165, 1.54) is 11.8 Å². The highest BCUT2D eigenvalue weighted by molar-refractivity contribution is 7.98. The Balaban J connectivity index is 1.72. The second-order valence-corrected chi connectivity index (χ2v) is 8.52. The predicted molar refractivity (Wildman–Crippen MR) is 119 cm³/mol. The Morgan fingerprint density at radius 1 is 1.20 bits per heavy atom. The number of hydrogen-bond acceptors (Lipinski definition) is 5. The molecular formula is C21H18Cl2N4O2S. The first kappa shape index (κ1) is 20.9. The molecule has 3 heterocycles. The molecule has 0 saturated heterocycles. The van der Waals surface area contributed by atoms with Gasteiger partial charge in [0.1, 0.15) is 0 Å². The number of aryl methyl sites for hydroxylation is 1. The van der Waals surface area contributed by atoms with Crippen LogP contribution in [0, 0.1) is 6.92 Å². The van der Waals surface area contributed by atoms with Gasteiger partial charge in [0.2, 0.25) is 0 Å². The highest BCUT2D eigenvalue weighted by Crippen LogP contribution is 2.26. The third kappa shape index (κ3) is 3.73. The zero-order valence-electron chi connectivity index (χ0n) is 16.4. The number of hydrogen-bond donors (Lipinski definition) is 0. The number of nitrogens with zero attached hydrogens (tertiary/aromatic N) is 4. The van der Waals surface area contributed by atoms with Crippen molar-refractivity contribution >= 4 is 40.9 Å². The van der Waals surface area contributed by atoms with Gasteiger partial charge in [0.15, 0.2) is 5.16 Å². The SMILES string of the molecule is CSc1nc2c(c(=O)n1-c1cnccc1C)CCN(C(=O)c1ccc(Cl)c(Cl)c1)C2. The standard InChI is InChI=1S/C21H18Cl2N4O2S/c1-12-5-7-24-10-18(12)27-20(29)14-6-8-26(11-17(14)25-21(27)30-2)19(28)13-3-4-15(22)16(23)9-13/h3-5,7,9-10H,6,8,11H2,1-2H3. The molecule has 1 amide bonds. The Morgan fingerprint density at radius 2 is 2.00 bits per heavy atom. The lowest BCUT2D eigenvalue weighted by Crippen LogP contribution is -2.40. The third-order valence-electron chi connectivity index (χ3n) is 5.09. The molecule has 6 nitrogen and oxygen atoms in total. The highest BCUT2D eigenvalue weighted by atomic mass is 35.5. The van der Waals surface area contributed by atoms with Gasteiger partial charge in [-0.05, 0) is 49.4 Å². The molecule has 0 spiro atoms. The summed E-state index contributed by atoms with van der Waals surface area (Å²) in [4.78, 5) is 36.8. The van der Waals surface area contributed by atoms with Crippen LogP contribution in [0.3, 0.4) is 0 Å². The summed E-state index contributed by atoms with van der Waals surface area (Å²) < 4.78 is 1.61. The number of carbonyl (C=O) groups is 1. The molecule has 2 aromatic heterocycles. The first-order valence-electron chi connectivity index (χ1n) is 9.24. The molecule has 154 valence electrons. The monoisotopic (exact) mass is 460 g/mol. The average molecular weight is 461 g/mol. The minimum atomic E-state index is -0.168. The van der Waals surface area contributed by atoms with Crippen molar-refractivity contribution in [2.45, 2.75) is 25.0 Å². The summed E-state index contributed by atoms with van der Waals surface area (Å²) in [6.07, 6.45) is 5.68. The number of halogens is 2. The lowest BCUT2D eigenvalue weighted by atomic mass is 10.0. The van der Waals surface area contributed by atoms with Crippen LogP contribution in [0.5, 0.6) is 0 Å². The summed E-state index contributed by atoms with van der Waals surface area (Å²) in [5.41, 5.74) is 3.27. The maximum atomic E-state index is 13.3. The maximum Gasteiger partial charge on any atom is 0.262 e. The smallest absolute Gasteiger partial charge is 0.262 e. The van der Waals surface area contributed by atoms with Crippen LogP contribution in [0.15, 0.2) is 46.6 Å². The predicted octanol–water partition coefficient (Wildman–Crippen LogP) is 4.16. The van der Waals surface area contributed by atoms with E-state index in [0.29, 0.717) is 45.0 Å². The number of amides is 1. The number of fused-ring (bicyclic) bond motifs is 1. The molecule has 0 radical (unpaired) electrons. The molecule has 0 saturated carbocycles. The van der Waals surface area contributed by atoms with Crippen molar-refractivity contribution in [3.8, 4) is 5.69 Å². The minimum Gasteiger partial charge on any atom is -0.332 e. The van der Waals surface area contributed by atoms with Crippen molar-refractivity contribution in [1.29, 1.82) is 0 Å². The third-order valence-corrected chi connectivity index (χ3v) is 6.47. The Bertz CT molecular complexity index is 1210. The molecule has 0 bridgehead atoms. The summed E-state index contributed by atoms with van der Waals surface area (Å²) in [5.74, 6) is -0.168. The van der Waals surface area contributed by atoms with E-state index in [1.807, 2.05) is 19.2 Å². The van der Waals surface area contributed by atoms with Crippen LogP contribution < -0.4 is 5.56 Å². The summed E-state index contributed by atoms with van der Waals surface area (Å²) in [5, 5.41) is 1.30. The van der Waals surface area contributed by atoms with Gasteiger partial charge < -0.3 is 4.90 Å². The second kappa shape index (κ2) is 8.41. The van der Waals surface area contributed by atoms with Gasteiger partial charge in [0.25, 0.3) is 11.5 Å². The first-order valence-corrected chi connectivity index (χ1v) is 11.2. The van der Waals surface area contributed by atoms with Crippen LogP contribution in [0.1, 0.15) is 27.2 Å². The molecule has 9 heteroatoms. The van der Waals surface area contributed by atoms with Crippen molar-refractivity contribution in [1.82, 2.24) is 19.4 Å². The number of aromatic nitrogens is 3. The molecular weight excluding hydrogens is 443 g/mol. The summed E-state index contributed by atoms with van der Waals surface area (Å²) in [7, 11) is 0. The highest BCUT2D eigenvalue weighted by Gasteiger charge is 2.27. The van der Waals surface area contributed by atoms with Crippen LogP contribution in [-0.2, 0) is 13.0 Å². The van der Waals surface area contributed by atoms with Crippen molar-refractivity contribution < 1.29 is 4.79 Å². The molecule has 0 aliphatic carbocycles. The topological polar surface area (TPSA) is 68.1 Å². The number of rotatable bonds is 3. The quantitative estimate of drug-likeness (QED) is 0.433. The van der Waals surface area contributed by atoms with Crippen LogP contribution in [0.4, 0.5) is 0 Å². The van der Waals surface area contributed by atoms with Gasteiger partial charge in [-0.1, -0.05) is 35.0 Å². The van der Waals surface area contributed by atoms with E-state index in [4.69, 9.17) is 28.2 Å². The van der Waals surface area contributed by atoms with Crippen molar-refractivity contribution in [2.75, 3.05) is 12.8 Å². The molecule has 3 aromatic rings. The fourth-order valence-corrected chi connectivity index (χ4v) is 4.35. The first-order chi connectivity index (χ1) is 14.4. The van der Waals surface area contributed by atoms with E-state index in [1.54, 1.807) is 40.1 Å². The summed E-state index contributed by atoms with van der Waals surface area (Å²) in [6.45, 7) is 2.63. The molecule has 4 rings (SSSR count).